The SMILES string of the molecule is COC(=O)c1ccc(NC(=O)c2ccccc2[N+](=O)[O-])c(C)c1. The lowest BCUT2D eigenvalue weighted by Gasteiger charge is -2.10. The van der Waals surface area contributed by atoms with Crippen molar-refractivity contribution in [3.63, 3.8) is 0 Å². The molecule has 2 rings (SSSR count). The molecule has 2 aromatic carbocycles. The molecule has 1 N–H and O–H groups in total. The number of nitro groups is 1. The summed E-state index contributed by atoms with van der Waals surface area (Å²) in [6.07, 6.45) is 0. The number of esters is 1. The van der Waals surface area contributed by atoms with E-state index in [0.717, 1.165) is 0 Å². The summed E-state index contributed by atoms with van der Waals surface area (Å²) in [5.74, 6) is -1.07. The van der Waals surface area contributed by atoms with E-state index in [0.29, 0.717) is 16.8 Å². The number of ether oxygens (including phenoxy) is 1. The topological polar surface area (TPSA) is 98.5 Å². The first-order valence-corrected chi connectivity index (χ1v) is 6.67. The van der Waals surface area contributed by atoms with Gasteiger partial charge in [-0.05, 0) is 36.8 Å². The summed E-state index contributed by atoms with van der Waals surface area (Å²) in [7, 11) is 1.28. The Morgan fingerprint density at radius 3 is 2.48 bits per heavy atom. The second-order valence-electron chi connectivity index (χ2n) is 4.75. The van der Waals surface area contributed by atoms with Gasteiger partial charge in [-0.25, -0.2) is 4.79 Å². The van der Waals surface area contributed by atoms with Gasteiger partial charge in [0.15, 0.2) is 0 Å². The minimum Gasteiger partial charge on any atom is -0.465 e. The fraction of sp³-hybridized carbons (Fsp3) is 0.125. The molecule has 0 saturated carbocycles. The Kier molecular flexibility index (Phi) is 4.70. The highest BCUT2D eigenvalue weighted by molar-refractivity contribution is 6.07. The maximum atomic E-state index is 12.3. The van der Waals surface area contributed by atoms with Crippen LogP contribution in [-0.2, 0) is 4.74 Å². The Bertz CT molecular complexity index is 786. The number of para-hydroxylation sites is 1. The van der Waals surface area contributed by atoms with Crippen LogP contribution >= 0.6 is 0 Å². The van der Waals surface area contributed by atoms with Crippen LogP contribution in [0.2, 0.25) is 0 Å². The van der Waals surface area contributed by atoms with Crippen LogP contribution in [-0.4, -0.2) is 23.9 Å². The van der Waals surface area contributed by atoms with Crippen LogP contribution in [0.5, 0.6) is 0 Å². The number of carbonyl (C=O) groups is 2. The molecule has 118 valence electrons. The van der Waals surface area contributed by atoms with Gasteiger partial charge in [0.25, 0.3) is 11.6 Å². The van der Waals surface area contributed by atoms with Gasteiger partial charge in [0, 0.05) is 11.8 Å². The molecule has 0 spiro atoms. The normalized spacial score (nSPS) is 10.0. The Morgan fingerprint density at radius 2 is 1.87 bits per heavy atom. The molecule has 7 nitrogen and oxygen atoms in total. The minimum absolute atomic E-state index is 0.0334. The number of methoxy groups -OCH3 is 1. The molecular formula is C16H14N2O5. The molecule has 0 aliphatic heterocycles. The van der Waals surface area contributed by atoms with E-state index in [4.69, 9.17) is 0 Å². The Labute approximate surface area is 132 Å². The van der Waals surface area contributed by atoms with E-state index in [2.05, 4.69) is 10.1 Å². The average molecular weight is 314 g/mol. The Morgan fingerprint density at radius 1 is 1.17 bits per heavy atom. The lowest BCUT2D eigenvalue weighted by molar-refractivity contribution is -0.385. The van der Waals surface area contributed by atoms with E-state index in [-0.39, 0.29) is 11.3 Å². The molecular weight excluding hydrogens is 300 g/mol. The van der Waals surface area contributed by atoms with E-state index in [1.54, 1.807) is 25.1 Å². The summed E-state index contributed by atoms with van der Waals surface area (Å²) in [5, 5.41) is 13.6. The van der Waals surface area contributed by atoms with Gasteiger partial charge in [-0.15, -0.1) is 0 Å². The van der Waals surface area contributed by atoms with Gasteiger partial charge in [0.05, 0.1) is 17.6 Å². The maximum Gasteiger partial charge on any atom is 0.337 e. The number of nitrogens with one attached hydrogen (secondary N) is 1. The van der Waals surface area contributed by atoms with Gasteiger partial charge in [-0.2, -0.15) is 0 Å². The summed E-state index contributed by atoms with van der Waals surface area (Å²) in [6, 6.07) is 10.3. The van der Waals surface area contributed by atoms with Crippen LogP contribution in [0, 0.1) is 17.0 Å². The number of benzene rings is 2. The van der Waals surface area contributed by atoms with E-state index < -0.39 is 16.8 Å². The zero-order valence-corrected chi connectivity index (χ0v) is 12.5. The summed E-state index contributed by atoms with van der Waals surface area (Å²) in [5.41, 5.74) is 1.15. The highest BCUT2D eigenvalue weighted by atomic mass is 16.6. The minimum atomic E-state index is -0.609. The standard InChI is InChI=1S/C16H14N2O5/c1-10-9-11(16(20)23-2)7-8-13(10)17-15(19)12-5-3-4-6-14(12)18(21)22/h3-9H,1-2H3,(H,17,19). The molecule has 0 radical (unpaired) electrons. The Hall–Kier alpha value is -3.22. The van der Waals surface area contributed by atoms with Crippen molar-refractivity contribution in [3.05, 3.63) is 69.3 Å². The van der Waals surface area contributed by atoms with E-state index >= 15 is 0 Å². The van der Waals surface area contributed by atoms with Gasteiger partial charge in [0.1, 0.15) is 5.56 Å². The van der Waals surface area contributed by atoms with E-state index in [9.17, 15) is 19.7 Å². The van der Waals surface area contributed by atoms with Crippen LogP contribution in [0.4, 0.5) is 11.4 Å². The second kappa shape index (κ2) is 6.69. The number of carbonyl (C=O) groups excluding carboxylic acids is 2. The summed E-state index contributed by atoms with van der Waals surface area (Å²) >= 11 is 0. The van der Waals surface area contributed by atoms with Crippen molar-refractivity contribution in [2.24, 2.45) is 0 Å². The number of anilines is 1. The number of hydrogen-bond acceptors (Lipinski definition) is 5. The molecule has 0 aliphatic rings. The van der Waals surface area contributed by atoms with Gasteiger partial charge >= 0.3 is 5.97 Å². The highest BCUT2D eigenvalue weighted by Crippen LogP contribution is 2.22. The van der Waals surface area contributed by atoms with Crippen LogP contribution in [0.3, 0.4) is 0 Å². The molecule has 0 aliphatic carbocycles. The van der Waals surface area contributed by atoms with Gasteiger partial charge in [-0.1, -0.05) is 12.1 Å². The Balaban J connectivity index is 2.28. The molecule has 0 unspecified atom stereocenters. The molecule has 0 bridgehead atoms. The van der Waals surface area contributed by atoms with Gasteiger partial charge in [0.2, 0.25) is 0 Å². The van der Waals surface area contributed by atoms with Crippen molar-refractivity contribution in [1.82, 2.24) is 0 Å². The lowest BCUT2D eigenvalue weighted by atomic mass is 10.1. The van der Waals surface area contributed by atoms with Crippen molar-refractivity contribution in [3.8, 4) is 0 Å². The molecule has 1 amide bonds. The van der Waals surface area contributed by atoms with E-state index in [1.807, 2.05) is 0 Å². The zero-order chi connectivity index (χ0) is 17.0. The predicted octanol–water partition coefficient (Wildman–Crippen LogP) is 2.94. The molecule has 7 heteroatoms. The number of aryl methyl sites for hydroxylation is 1. The maximum absolute atomic E-state index is 12.3. The third-order valence-electron chi connectivity index (χ3n) is 3.24. The fourth-order valence-electron chi connectivity index (χ4n) is 2.06. The lowest BCUT2D eigenvalue weighted by Crippen LogP contribution is -2.15. The van der Waals surface area contributed by atoms with Crippen molar-refractivity contribution in [2.45, 2.75) is 6.92 Å². The number of nitro benzene ring substituents is 1. The van der Waals surface area contributed by atoms with Crippen LogP contribution in [0.25, 0.3) is 0 Å². The fourth-order valence-corrected chi connectivity index (χ4v) is 2.06. The molecule has 2 aromatic rings. The zero-order valence-electron chi connectivity index (χ0n) is 12.5. The largest absolute Gasteiger partial charge is 0.465 e. The quantitative estimate of drug-likeness (QED) is 0.531. The van der Waals surface area contributed by atoms with Crippen molar-refractivity contribution in [2.75, 3.05) is 12.4 Å². The third-order valence-corrected chi connectivity index (χ3v) is 3.24. The van der Waals surface area contributed by atoms with Crippen molar-refractivity contribution >= 4 is 23.3 Å². The predicted molar refractivity (Wildman–Crippen MR) is 83.6 cm³/mol. The first kappa shape index (κ1) is 16.2. The third kappa shape index (κ3) is 3.52. The van der Waals surface area contributed by atoms with Crippen molar-refractivity contribution in [1.29, 1.82) is 0 Å². The number of amides is 1. The molecule has 0 aromatic heterocycles. The number of nitrogens with zero attached hydrogens (tertiary/aromatic N) is 1. The first-order valence-electron chi connectivity index (χ1n) is 6.67. The molecule has 0 fully saturated rings. The van der Waals surface area contributed by atoms with Gasteiger partial charge in [-0.3, -0.25) is 14.9 Å². The first-order chi connectivity index (χ1) is 10.9. The summed E-state index contributed by atoms with van der Waals surface area (Å²) < 4.78 is 4.62. The summed E-state index contributed by atoms with van der Waals surface area (Å²) in [6.45, 7) is 1.71. The highest BCUT2D eigenvalue weighted by Gasteiger charge is 2.19. The number of hydrogen-bond donors (Lipinski definition) is 1. The molecule has 0 atom stereocenters. The molecule has 23 heavy (non-hydrogen) atoms. The summed E-state index contributed by atoms with van der Waals surface area (Å²) in [4.78, 5) is 34.1. The monoisotopic (exact) mass is 314 g/mol. The van der Waals surface area contributed by atoms with Crippen LogP contribution < -0.4 is 5.32 Å². The molecule has 0 saturated heterocycles. The molecule has 0 heterocycles. The van der Waals surface area contributed by atoms with Crippen LogP contribution in [0.1, 0.15) is 26.3 Å². The van der Waals surface area contributed by atoms with E-state index in [1.165, 1.54) is 31.4 Å². The van der Waals surface area contributed by atoms with Crippen LogP contribution in [0.15, 0.2) is 42.5 Å². The van der Waals surface area contributed by atoms with Crippen molar-refractivity contribution < 1.29 is 19.2 Å². The number of rotatable bonds is 4. The smallest absolute Gasteiger partial charge is 0.337 e. The van der Waals surface area contributed by atoms with Gasteiger partial charge < -0.3 is 10.1 Å². The average Bonchev–Trinajstić information content (AvgIpc) is 2.55. The second-order valence-corrected chi connectivity index (χ2v) is 4.75.